The van der Waals surface area contributed by atoms with Gasteiger partial charge in [-0.05, 0) is 25.8 Å². The Kier molecular flexibility index (Phi) is 5.70. The number of hydrogen-bond acceptors (Lipinski definition) is 6. The van der Waals surface area contributed by atoms with E-state index >= 15 is 0 Å². The molecule has 0 amide bonds. The number of methoxy groups -OCH3 is 1. The van der Waals surface area contributed by atoms with Gasteiger partial charge in [-0.2, -0.15) is 0 Å². The maximum Gasteiger partial charge on any atom is 0.305 e. The number of hydrogen-bond donors (Lipinski definition) is 1. The molecule has 1 heterocycles. The molecular weight excluding hydrogens is 324 g/mol. The summed E-state index contributed by atoms with van der Waals surface area (Å²) in [6, 6.07) is 2.81. The van der Waals surface area contributed by atoms with Crippen molar-refractivity contribution < 1.29 is 23.1 Å². The van der Waals surface area contributed by atoms with E-state index in [0.29, 0.717) is 31.6 Å². The molecule has 0 saturated heterocycles. The lowest BCUT2D eigenvalue weighted by Gasteiger charge is -2.11. The van der Waals surface area contributed by atoms with Gasteiger partial charge in [0.05, 0.1) is 41.6 Å². The lowest BCUT2D eigenvalue weighted by Crippen LogP contribution is -2.07. The highest BCUT2D eigenvalue weighted by Gasteiger charge is 2.10. The van der Waals surface area contributed by atoms with E-state index in [2.05, 4.69) is 9.97 Å². The van der Waals surface area contributed by atoms with Crippen LogP contribution < -0.4 is 15.0 Å². The van der Waals surface area contributed by atoms with Gasteiger partial charge < -0.3 is 19.2 Å². The molecule has 7 heteroatoms. The van der Waals surface area contributed by atoms with Gasteiger partial charge in [0.1, 0.15) is 0 Å². The Morgan fingerprint density at radius 3 is 2.88 bits per heavy atom. The predicted octanol–water partition coefficient (Wildman–Crippen LogP) is 2.82. The van der Waals surface area contributed by atoms with Crippen LogP contribution in [0.2, 0.25) is 0 Å². The number of aromatic amines is 1. The number of carbonyl (C=O) groups is 1. The lowest BCUT2D eigenvalue weighted by atomic mass is 10.1. The highest BCUT2D eigenvalue weighted by Crippen LogP contribution is 2.30. The molecule has 0 aliphatic heterocycles. The number of nitrogens with zero attached hydrogens (tertiary/aromatic N) is 1. The number of ether oxygens (including phenoxy) is 3. The third kappa shape index (κ3) is 5.48. The van der Waals surface area contributed by atoms with E-state index in [-0.39, 0.29) is 28.4 Å². The molecule has 2 rings (SSSR count). The van der Waals surface area contributed by atoms with Gasteiger partial charge in [-0.3, -0.25) is 9.59 Å². The van der Waals surface area contributed by atoms with Crippen LogP contribution >= 0.6 is 0 Å². The van der Waals surface area contributed by atoms with Crippen LogP contribution in [0.3, 0.4) is 0 Å². The molecule has 0 atom stereocenters. The molecule has 7 nitrogen and oxygen atoms in total. The Balaban J connectivity index is 1.95. The second-order valence-electron chi connectivity index (χ2n) is 5.47. The van der Waals surface area contributed by atoms with Crippen LogP contribution in [0.5, 0.6) is 11.5 Å². The number of esters is 1. The van der Waals surface area contributed by atoms with E-state index in [1.54, 1.807) is 6.92 Å². The molecule has 0 unspecified atom stereocenters. The van der Waals surface area contributed by atoms with E-state index in [1.165, 1.54) is 18.5 Å². The van der Waals surface area contributed by atoms with Gasteiger partial charge in [0.25, 0.3) is 5.56 Å². The van der Waals surface area contributed by atoms with Crippen molar-refractivity contribution in [2.45, 2.75) is 39.0 Å². The van der Waals surface area contributed by atoms with Crippen molar-refractivity contribution in [3.63, 3.8) is 0 Å². The molecular formula is C18H24N2O5. The van der Waals surface area contributed by atoms with Crippen LogP contribution in [0.1, 0.15) is 43.1 Å². The van der Waals surface area contributed by atoms with Crippen LogP contribution in [-0.4, -0.2) is 36.2 Å². The van der Waals surface area contributed by atoms with Crippen molar-refractivity contribution in [3.05, 3.63) is 28.8 Å². The van der Waals surface area contributed by atoms with Crippen LogP contribution in [0.15, 0.2) is 23.3 Å². The Hall–Kier alpha value is -2.57. The second kappa shape index (κ2) is 9.66. The predicted molar refractivity (Wildman–Crippen MR) is 94.1 cm³/mol. The van der Waals surface area contributed by atoms with E-state index in [9.17, 15) is 9.59 Å². The number of nitrogens with one attached hydrogen (secondary N) is 1. The first-order valence-corrected chi connectivity index (χ1v) is 8.29. The van der Waals surface area contributed by atoms with Gasteiger partial charge in [-0.1, -0.05) is 12.8 Å². The molecule has 0 saturated carbocycles. The summed E-state index contributed by atoms with van der Waals surface area (Å²) in [5, 5.41) is 0.282. The molecule has 0 aliphatic carbocycles. The van der Waals surface area contributed by atoms with Crippen LogP contribution in [0.25, 0.3) is 10.9 Å². The SMILES string of the molecule is [2H]C([2H])([2H])Oc1cc2nc[nH]c(=O)c2cc1OCCCCCCC(=O)OCC. The number of rotatable bonds is 10. The monoisotopic (exact) mass is 351 g/mol. The standard InChI is InChI=1S/C18H24N2O5/c1-3-24-17(21)8-6-4-5-7-9-25-16-10-13-14(11-15(16)23-2)19-12-20-18(13)22/h10-12H,3-9H2,1-2H3,(H,19,20,22)/i2D3. The van der Waals surface area contributed by atoms with E-state index < -0.39 is 7.04 Å². The summed E-state index contributed by atoms with van der Waals surface area (Å²) in [6.07, 6.45) is 4.76. The molecule has 1 aromatic carbocycles. The first-order chi connectivity index (χ1) is 13.3. The smallest absolute Gasteiger partial charge is 0.305 e. The van der Waals surface area contributed by atoms with Gasteiger partial charge in [0.2, 0.25) is 0 Å². The highest BCUT2D eigenvalue weighted by atomic mass is 16.5. The van der Waals surface area contributed by atoms with Crippen LogP contribution in [-0.2, 0) is 9.53 Å². The summed E-state index contributed by atoms with van der Waals surface area (Å²) in [4.78, 5) is 29.7. The van der Waals surface area contributed by atoms with Crippen molar-refractivity contribution >= 4 is 16.9 Å². The zero-order valence-corrected chi connectivity index (χ0v) is 14.2. The maximum atomic E-state index is 11.9. The topological polar surface area (TPSA) is 90.5 Å². The van der Waals surface area contributed by atoms with Gasteiger partial charge in [-0.15, -0.1) is 0 Å². The molecule has 2 aromatic rings. The Morgan fingerprint density at radius 1 is 1.24 bits per heavy atom. The number of benzene rings is 1. The first-order valence-electron chi connectivity index (χ1n) is 9.79. The molecule has 136 valence electrons. The summed E-state index contributed by atoms with van der Waals surface area (Å²) in [6.45, 7) is 2.48. The number of unbranched alkanes of at least 4 members (excludes halogenated alkanes) is 3. The molecule has 25 heavy (non-hydrogen) atoms. The minimum absolute atomic E-state index is 0.00733. The van der Waals surface area contributed by atoms with Gasteiger partial charge >= 0.3 is 5.97 Å². The van der Waals surface area contributed by atoms with Crippen molar-refractivity contribution in [2.24, 2.45) is 0 Å². The molecule has 1 N–H and O–H groups in total. The summed E-state index contributed by atoms with van der Waals surface area (Å²) in [5.41, 5.74) is -0.0384. The quantitative estimate of drug-likeness (QED) is 0.523. The van der Waals surface area contributed by atoms with Crippen molar-refractivity contribution in [3.8, 4) is 11.5 Å². The minimum Gasteiger partial charge on any atom is -0.493 e. The maximum absolute atomic E-state index is 11.9. The molecule has 0 fully saturated rings. The molecule has 1 aromatic heterocycles. The molecule has 0 radical (unpaired) electrons. The van der Waals surface area contributed by atoms with Crippen LogP contribution in [0, 0.1) is 0 Å². The van der Waals surface area contributed by atoms with Gasteiger partial charge in [0, 0.05) is 12.5 Å². The molecule has 0 aliphatic rings. The fraction of sp³-hybridized carbons (Fsp3) is 0.500. The number of fused-ring (bicyclic) bond motifs is 1. The zero-order valence-electron chi connectivity index (χ0n) is 17.2. The normalized spacial score (nSPS) is 12.9. The molecule has 0 bridgehead atoms. The zero-order chi connectivity index (χ0) is 20.6. The molecule has 0 spiro atoms. The van der Waals surface area contributed by atoms with Crippen molar-refractivity contribution in [1.29, 1.82) is 0 Å². The fourth-order valence-corrected chi connectivity index (χ4v) is 2.41. The Morgan fingerprint density at radius 2 is 2.08 bits per heavy atom. The Labute approximate surface area is 150 Å². The summed E-state index contributed by atoms with van der Waals surface area (Å²) >= 11 is 0. The van der Waals surface area contributed by atoms with Crippen LogP contribution in [0.4, 0.5) is 0 Å². The first kappa shape index (κ1) is 14.7. The van der Waals surface area contributed by atoms with E-state index in [0.717, 1.165) is 19.3 Å². The van der Waals surface area contributed by atoms with E-state index in [4.69, 9.17) is 18.3 Å². The third-order valence-electron chi connectivity index (χ3n) is 3.65. The largest absolute Gasteiger partial charge is 0.493 e. The Bertz CT molecular complexity index is 851. The van der Waals surface area contributed by atoms with Gasteiger partial charge in [-0.25, -0.2) is 4.98 Å². The summed E-state index contributed by atoms with van der Waals surface area (Å²) in [5.74, 6) is -0.0123. The van der Waals surface area contributed by atoms with Gasteiger partial charge in [0.15, 0.2) is 11.5 Å². The van der Waals surface area contributed by atoms with Crippen molar-refractivity contribution in [2.75, 3.05) is 20.3 Å². The second-order valence-corrected chi connectivity index (χ2v) is 5.47. The summed E-state index contributed by atoms with van der Waals surface area (Å²) in [7, 11) is -2.65. The minimum atomic E-state index is -2.65. The number of carbonyl (C=O) groups excluding carboxylic acids is 1. The van der Waals surface area contributed by atoms with Crippen molar-refractivity contribution in [1.82, 2.24) is 9.97 Å². The average Bonchev–Trinajstić information content (AvgIpc) is 2.60. The van der Waals surface area contributed by atoms with E-state index in [1.807, 2.05) is 0 Å². The fourth-order valence-electron chi connectivity index (χ4n) is 2.41. The summed E-state index contributed by atoms with van der Waals surface area (Å²) < 4.78 is 37.4. The average molecular weight is 351 g/mol. The highest BCUT2D eigenvalue weighted by molar-refractivity contribution is 5.81. The lowest BCUT2D eigenvalue weighted by molar-refractivity contribution is -0.143. The number of aromatic nitrogens is 2. The number of H-pyrrole nitrogens is 1. The third-order valence-corrected chi connectivity index (χ3v) is 3.65.